The Morgan fingerprint density at radius 3 is 2.50 bits per heavy atom. The highest BCUT2D eigenvalue weighted by molar-refractivity contribution is 5.77. The minimum atomic E-state index is -0.416. The Kier molecular flexibility index (Phi) is 5.45. The number of nitro groups is 1. The van der Waals surface area contributed by atoms with Crippen LogP contribution in [-0.4, -0.2) is 55.4 Å². The van der Waals surface area contributed by atoms with Crippen molar-refractivity contribution < 1.29 is 9.72 Å². The van der Waals surface area contributed by atoms with Crippen LogP contribution in [0.4, 0.5) is 11.4 Å². The largest absolute Gasteiger partial charge is 0.382 e. The van der Waals surface area contributed by atoms with Crippen molar-refractivity contribution in [2.24, 2.45) is 0 Å². The number of nitrogens with one attached hydrogen (secondary N) is 1. The second kappa shape index (κ2) is 6.85. The highest BCUT2D eigenvalue weighted by atomic mass is 16.6. The van der Waals surface area contributed by atoms with Crippen molar-refractivity contribution in [3.63, 3.8) is 0 Å². The van der Waals surface area contributed by atoms with Crippen molar-refractivity contribution in [3.05, 3.63) is 33.9 Å². The van der Waals surface area contributed by atoms with Crippen molar-refractivity contribution in [1.29, 1.82) is 0 Å². The zero-order valence-electron chi connectivity index (χ0n) is 12.2. The lowest BCUT2D eigenvalue weighted by Crippen LogP contribution is -2.34. The van der Waals surface area contributed by atoms with Gasteiger partial charge >= 0.3 is 0 Å². The number of para-hydroxylation sites is 1. The first kappa shape index (κ1) is 15.9. The smallest absolute Gasteiger partial charge is 0.292 e. The summed E-state index contributed by atoms with van der Waals surface area (Å²) in [5, 5.41) is 13.8. The summed E-state index contributed by atoms with van der Waals surface area (Å²) in [5.74, 6) is -0.0102. The molecule has 0 radical (unpaired) electrons. The molecule has 0 saturated carbocycles. The third-order valence-electron chi connectivity index (χ3n) is 2.92. The summed E-state index contributed by atoms with van der Waals surface area (Å²) < 4.78 is 0. The maximum atomic E-state index is 11.6. The van der Waals surface area contributed by atoms with Crippen LogP contribution in [0.2, 0.25) is 0 Å². The average Bonchev–Trinajstić information content (AvgIpc) is 2.37. The van der Waals surface area contributed by atoms with Crippen LogP contribution in [-0.2, 0) is 11.3 Å². The van der Waals surface area contributed by atoms with Crippen LogP contribution in [0.3, 0.4) is 0 Å². The molecule has 110 valence electrons. The molecule has 0 saturated heterocycles. The number of amides is 1. The fourth-order valence-corrected chi connectivity index (χ4v) is 1.88. The van der Waals surface area contributed by atoms with Gasteiger partial charge in [-0.15, -0.1) is 0 Å². The fraction of sp³-hybridized carbons (Fsp3) is 0.462. The maximum Gasteiger partial charge on any atom is 0.292 e. The number of rotatable bonds is 6. The first-order valence-corrected chi connectivity index (χ1v) is 6.19. The quantitative estimate of drug-likeness (QED) is 0.625. The number of hydrogen-bond acceptors (Lipinski definition) is 5. The summed E-state index contributed by atoms with van der Waals surface area (Å²) in [4.78, 5) is 25.5. The van der Waals surface area contributed by atoms with Gasteiger partial charge in [0, 0.05) is 33.8 Å². The summed E-state index contributed by atoms with van der Waals surface area (Å²) in [6.07, 6.45) is 0. The topological polar surface area (TPSA) is 78.7 Å². The standard InChI is InChI=1S/C13H20N4O3/c1-14-13-10(6-5-7-11(13)17(19)20)8-16(4)9-12(18)15(2)3/h5-7,14H,8-9H2,1-4H3. The Morgan fingerprint density at radius 1 is 1.35 bits per heavy atom. The van der Waals surface area contributed by atoms with E-state index in [1.54, 1.807) is 34.3 Å². The van der Waals surface area contributed by atoms with Crippen molar-refractivity contribution in [2.75, 3.05) is 40.1 Å². The van der Waals surface area contributed by atoms with E-state index in [4.69, 9.17) is 0 Å². The highest BCUT2D eigenvalue weighted by Crippen LogP contribution is 2.28. The lowest BCUT2D eigenvalue weighted by molar-refractivity contribution is -0.384. The Bertz CT molecular complexity index is 502. The zero-order chi connectivity index (χ0) is 15.3. The molecule has 0 aliphatic carbocycles. The lowest BCUT2D eigenvalue weighted by atomic mass is 10.1. The second-order valence-electron chi connectivity index (χ2n) is 4.78. The van der Waals surface area contributed by atoms with E-state index in [1.807, 2.05) is 11.0 Å². The van der Waals surface area contributed by atoms with Crippen LogP contribution in [0, 0.1) is 10.1 Å². The molecule has 0 atom stereocenters. The first-order chi connectivity index (χ1) is 9.36. The van der Waals surface area contributed by atoms with Gasteiger partial charge in [-0.25, -0.2) is 0 Å². The minimum absolute atomic E-state index is 0.0102. The van der Waals surface area contributed by atoms with E-state index in [0.717, 1.165) is 5.56 Å². The minimum Gasteiger partial charge on any atom is -0.382 e. The number of carbonyl (C=O) groups excluding carboxylic acids is 1. The van der Waals surface area contributed by atoms with Crippen LogP contribution in [0.5, 0.6) is 0 Å². The number of hydrogen-bond donors (Lipinski definition) is 1. The van der Waals surface area contributed by atoms with Crippen LogP contribution in [0.15, 0.2) is 18.2 Å². The summed E-state index contributed by atoms with van der Waals surface area (Å²) >= 11 is 0. The lowest BCUT2D eigenvalue weighted by Gasteiger charge is -2.20. The van der Waals surface area contributed by atoms with Crippen LogP contribution in [0.1, 0.15) is 5.56 Å². The average molecular weight is 280 g/mol. The summed E-state index contributed by atoms with van der Waals surface area (Å²) in [6.45, 7) is 0.719. The summed E-state index contributed by atoms with van der Waals surface area (Å²) in [7, 11) is 6.85. The number of anilines is 1. The molecule has 1 aromatic carbocycles. The second-order valence-corrected chi connectivity index (χ2v) is 4.78. The van der Waals surface area contributed by atoms with Gasteiger partial charge in [-0.1, -0.05) is 12.1 Å². The highest BCUT2D eigenvalue weighted by Gasteiger charge is 2.17. The van der Waals surface area contributed by atoms with E-state index in [1.165, 1.54) is 11.0 Å². The Balaban J connectivity index is 2.89. The van der Waals surface area contributed by atoms with Crippen LogP contribution >= 0.6 is 0 Å². The monoisotopic (exact) mass is 280 g/mol. The SMILES string of the molecule is CNc1c(CN(C)CC(=O)N(C)C)cccc1[N+](=O)[O-]. The number of likely N-dealkylation sites (N-methyl/N-ethyl adjacent to an activating group) is 2. The van der Waals surface area contributed by atoms with Crippen molar-refractivity contribution in [1.82, 2.24) is 9.80 Å². The molecule has 1 N–H and O–H groups in total. The molecule has 7 heteroatoms. The van der Waals surface area contributed by atoms with E-state index in [9.17, 15) is 14.9 Å². The molecule has 20 heavy (non-hydrogen) atoms. The molecule has 0 aliphatic rings. The molecular weight excluding hydrogens is 260 g/mol. The summed E-state index contributed by atoms with van der Waals surface area (Å²) in [6, 6.07) is 4.92. The van der Waals surface area contributed by atoms with E-state index in [2.05, 4.69) is 5.32 Å². The third-order valence-corrected chi connectivity index (χ3v) is 2.92. The fourth-order valence-electron chi connectivity index (χ4n) is 1.88. The molecule has 0 spiro atoms. The van der Waals surface area contributed by atoms with Gasteiger partial charge in [0.1, 0.15) is 5.69 Å². The molecular formula is C13H20N4O3. The van der Waals surface area contributed by atoms with Crippen LogP contribution < -0.4 is 5.32 Å². The molecule has 0 aromatic heterocycles. The molecule has 0 aliphatic heterocycles. The van der Waals surface area contributed by atoms with Gasteiger partial charge in [0.05, 0.1) is 11.5 Å². The Morgan fingerprint density at radius 2 is 2.00 bits per heavy atom. The predicted molar refractivity (Wildman–Crippen MR) is 77.7 cm³/mol. The molecule has 0 fully saturated rings. The zero-order valence-corrected chi connectivity index (χ0v) is 12.2. The van der Waals surface area contributed by atoms with Gasteiger partial charge in [0.25, 0.3) is 5.69 Å². The number of nitro benzene ring substituents is 1. The molecule has 1 rings (SSSR count). The van der Waals surface area contributed by atoms with E-state index < -0.39 is 4.92 Å². The molecule has 1 aromatic rings. The Labute approximate surface area is 118 Å². The summed E-state index contributed by atoms with van der Waals surface area (Å²) in [5.41, 5.74) is 1.31. The van der Waals surface area contributed by atoms with Gasteiger partial charge in [-0.2, -0.15) is 0 Å². The molecule has 0 bridgehead atoms. The first-order valence-electron chi connectivity index (χ1n) is 6.19. The Hall–Kier alpha value is -2.15. The van der Waals surface area contributed by atoms with Crippen molar-refractivity contribution >= 4 is 17.3 Å². The van der Waals surface area contributed by atoms with Gasteiger partial charge in [0.15, 0.2) is 0 Å². The van der Waals surface area contributed by atoms with E-state index >= 15 is 0 Å². The van der Waals surface area contributed by atoms with Crippen molar-refractivity contribution in [2.45, 2.75) is 6.54 Å². The van der Waals surface area contributed by atoms with Gasteiger partial charge < -0.3 is 10.2 Å². The molecule has 0 unspecified atom stereocenters. The molecule has 0 heterocycles. The van der Waals surface area contributed by atoms with Gasteiger partial charge in [-0.3, -0.25) is 19.8 Å². The number of benzene rings is 1. The molecule has 7 nitrogen and oxygen atoms in total. The van der Waals surface area contributed by atoms with Gasteiger partial charge in [-0.05, 0) is 12.6 Å². The number of nitrogens with zero attached hydrogens (tertiary/aromatic N) is 3. The van der Waals surface area contributed by atoms with E-state index in [-0.39, 0.29) is 18.1 Å². The van der Waals surface area contributed by atoms with Crippen LogP contribution in [0.25, 0.3) is 0 Å². The number of carbonyl (C=O) groups is 1. The molecule has 1 amide bonds. The van der Waals surface area contributed by atoms with Crippen molar-refractivity contribution in [3.8, 4) is 0 Å². The maximum absolute atomic E-state index is 11.6. The normalized spacial score (nSPS) is 10.4. The van der Waals surface area contributed by atoms with E-state index in [0.29, 0.717) is 12.2 Å². The predicted octanol–water partition coefficient (Wildman–Crippen LogP) is 1.16. The third kappa shape index (κ3) is 3.92. The van der Waals surface area contributed by atoms with Gasteiger partial charge in [0.2, 0.25) is 5.91 Å².